The van der Waals surface area contributed by atoms with Crippen LogP contribution in [0.4, 0.5) is 5.69 Å². The lowest BCUT2D eigenvalue weighted by Crippen LogP contribution is -2.46. The lowest BCUT2D eigenvalue weighted by Gasteiger charge is -2.37. The maximum absolute atomic E-state index is 12.8. The molecule has 2 heterocycles. The van der Waals surface area contributed by atoms with Gasteiger partial charge in [0.2, 0.25) is 0 Å². The Morgan fingerprint density at radius 3 is 2.86 bits per heavy atom. The third kappa shape index (κ3) is 2.81. The summed E-state index contributed by atoms with van der Waals surface area (Å²) in [4.78, 5) is 15.4. The predicted octanol–water partition coefficient (Wildman–Crippen LogP) is 4.21. The van der Waals surface area contributed by atoms with E-state index in [2.05, 4.69) is 29.8 Å². The van der Waals surface area contributed by atoms with Crippen molar-refractivity contribution in [2.75, 3.05) is 24.6 Å². The first-order valence-corrected chi connectivity index (χ1v) is 9.38. The molecule has 1 aliphatic rings. The summed E-state index contributed by atoms with van der Waals surface area (Å²) in [5.41, 5.74) is 6.84. The fourth-order valence-electron chi connectivity index (χ4n) is 2.62. The van der Waals surface area contributed by atoms with Gasteiger partial charge >= 0.3 is 0 Å². The number of thiophene rings is 1. The van der Waals surface area contributed by atoms with Crippen LogP contribution in [0.15, 0.2) is 22.7 Å². The number of hydrogen-bond acceptors (Lipinski definition) is 4. The number of thioether (sulfide) groups is 1. The van der Waals surface area contributed by atoms with Gasteiger partial charge in [0.25, 0.3) is 5.91 Å². The normalized spacial score (nSPS) is 18.1. The number of hydrogen-bond donors (Lipinski definition) is 1. The highest BCUT2D eigenvalue weighted by Crippen LogP contribution is 2.39. The van der Waals surface area contributed by atoms with Crippen LogP contribution in [-0.2, 0) is 0 Å². The first-order chi connectivity index (χ1) is 9.89. The summed E-state index contributed by atoms with van der Waals surface area (Å²) in [6.07, 6.45) is 0. The molecule has 0 saturated carbocycles. The molecule has 0 bridgehead atoms. The van der Waals surface area contributed by atoms with E-state index in [1.807, 2.05) is 34.9 Å². The SMILES string of the molecule is CC1(C)CN(C(=O)c2sc3cccc(Br)c3c2N)CCS1. The molecule has 3 nitrogen and oxygen atoms in total. The molecular formula is C15H17BrN2OS2. The van der Waals surface area contributed by atoms with Crippen molar-refractivity contribution >= 4 is 60.7 Å². The van der Waals surface area contributed by atoms with Crippen molar-refractivity contribution in [3.8, 4) is 0 Å². The van der Waals surface area contributed by atoms with E-state index in [4.69, 9.17) is 5.73 Å². The molecule has 1 aromatic heterocycles. The Hall–Kier alpha value is -0.720. The molecule has 2 aromatic rings. The van der Waals surface area contributed by atoms with Crippen molar-refractivity contribution in [3.63, 3.8) is 0 Å². The Morgan fingerprint density at radius 2 is 2.19 bits per heavy atom. The first kappa shape index (κ1) is 15.2. The number of carbonyl (C=O) groups is 1. The van der Waals surface area contributed by atoms with E-state index in [1.54, 1.807) is 0 Å². The topological polar surface area (TPSA) is 46.3 Å². The molecule has 0 atom stereocenters. The molecule has 1 aromatic carbocycles. The van der Waals surface area contributed by atoms with E-state index in [0.717, 1.165) is 33.4 Å². The summed E-state index contributed by atoms with van der Waals surface area (Å²) in [7, 11) is 0. The number of rotatable bonds is 1. The number of nitrogens with zero attached hydrogens (tertiary/aromatic N) is 1. The zero-order valence-corrected chi connectivity index (χ0v) is 15.2. The molecule has 0 aliphatic carbocycles. The van der Waals surface area contributed by atoms with Crippen LogP contribution in [0.3, 0.4) is 0 Å². The largest absolute Gasteiger partial charge is 0.397 e. The molecule has 112 valence electrons. The van der Waals surface area contributed by atoms with E-state index in [1.165, 1.54) is 11.3 Å². The van der Waals surface area contributed by atoms with Crippen LogP contribution in [0.2, 0.25) is 0 Å². The maximum Gasteiger partial charge on any atom is 0.266 e. The maximum atomic E-state index is 12.8. The van der Waals surface area contributed by atoms with Crippen molar-refractivity contribution in [2.45, 2.75) is 18.6 Å². The monoisotopic (exact) mass is 384 g/mol. The highest BCUT2D eigenvalue weighted by molar-refractivity contribution is 9.10. The van der Waals surface area contributed by atoms with E-state index >= 15 is 0 Å². The Bertz CT molecular complexity index is 711. The van der Waals surface area contributed by atoms with Crippen LogP contribution in [0.1, 0.15) is 23.5 Å². The van der Waals surface area contributed by atoms with Crippen LogP contribution in [0.5, 0.6) is 0 Å². The van der Waals surface area contributed by atoms with Gasteiger partial charge < -0.3 is 10.6 Å². The van der Waals surface area contributed by atoms with Crippen molar-refractivity contribution in [1.29, 1.82) is 0 Å². The Kier molecular flexibility index (Phi) is 3.96. The van der Waals surface area contributed by atoms with Gasteiger partial charge in [-0.05, 0) is 26.0 Å². The first-order valence-electron chi connectivity index (χ1n) is 6.79. The number of halogens is 1. The summed E-state index contributed by atoms with van der Waals surface area (Å²) in [5.74, 6) is 1.04. The van der Waals surface area contributed by atoms with Crippen molar-refractivity contribution in [1.82, 2.24) is 4.90 Å². The third-order valence-corrected chi connectivity index (χ3v) is 6.73. The van der Waals surface area contributed by atoms with E-state index in [-0.39, 0.29) is 10.7 Å². The van der Waals surface area contributed by atoms with Gasteiger partial charge in [-0.3, -0.25) is 4.79 Å². The lowest BCUT2D eigenvalue weighted by atomic mass is 10.1. The molecule has 6 heteroatoms. The highest BCUT2D eigenvalue weighted by atomic mass is 79.9. The van der Waals surface area contributed by atoms with Crippen LogP contribution in [-0.4, -0.2) is 34.4 Å². The molecular weight excluding hydrogens is 368 g/mol. The fraction of sp³-hybridized carbons (Fsp3) is 0.400. The quantitative estimate of drug-likeness (QED) is 0.800. The summed E-state index contributed by atoms with van der Waals surface area (Å²) >= 11 is 6.93. The van der Waals surface area contributed by atoms with Gasteiger partial charge in [0.05, 0.1) is 5.69 Å². The predicted molar refractivity (Wildman–Crippen MR) is 96.4 cm³/mol. The van der Waals surface area contributed by atoms with Crippen molar-refractivity contribution in [2.24, 2.45) is 0 Å². The molecule has 0 spiro atoms. The lowest BCUT2D eigenvalue weighted by molar-refractivity contribution is 0.0754. The highest BCUT2D eigenvalue weighted by Gasteiger charge is 2.32. The molecule has 0 radical (unpaired) electrons. The number of anilines is 1. The number of carbonyl (C=O) groups excluding carboxylic acids is 1. The van der Waals surface area contributed by atoms with Crippen molar-refractivity contribution in [3.05, 3.63) is 27.5 Å². The summed E-state index contributed by atoms with van der Waals surface area (Å²) < 4.78 is 2.11. The van der Waals surface area contributed by atoms with Gasteiger partial charge in [-0.1, -0.05) is 22.0 Å². The number of nitrogens with two attached hydrogens (primary N) is 1. The minimum atomic E-state index is 0.0639. The zero-order chi connectivity index (χ0) is 15.2. The molecule has 1 fully saturated rings. The van der Waals surface area contributed by atoms with E-state index in [0.29, 0.717) is 10.6 Å². The number of nitrogen functional groups attached to an aromatic ring is 1. The van der Waals surface area contributed by atoms with Gasteiger partial charge in [-0.2, -0.15) is 11.8 Å². The smallest absolute Gasteiger partial charge is 0.266 e. The Balaban J connectivity index is 1.99. The number of benzene rings is 1. The zero-order valence-electron chi connectivity index (χ0n) is 12.0. The molecule has 1 amide bonds. The minimum absolute atomic E-state index is 0.0639. The molecule has 1 saturated heterocycles. The summed E-state index contributed by atoms with van der Waals surface area (Å²) in [6.45, 7) is 5.93. The molecule has 21 heavy (non-hydrogen) atoms. The minimum Gasteiger partial charge on any atom is -0.397 e. The second-order valence-electron chi connectivity index (χ2n) is 5.79. The van der Waals surface area contributed by atoms with Gasteiger partial charge in [-0.15, -0.1) is 11.3 Å². The second-order valence-corrected chi connectivity index (χ2v) is 9.50. The summed E-state index contributed by atoms with van der Waals surface area (Å²) in [6, 6.07) is 5.94. The Morgan fingerprint density at radius 1 is 1.43 bits per heavy atom. The Labute approximate surface area is 141 Å². The average molecular weight is 385 g/mol. The van der Waals surface area contributed by atoms with Gasteiger partial charge in [0.15, 0.2) is 0 Å². The molecule has 2 N–H and O–H groups in total. The number of fused-ring (bicyclic) bond motifs is 1. The van der Waals surface area contributed by atoms with Crippen LogP contribution in [0.25, 0.3) is 10.1 Å². The van der Waals surface area contributed by atoms with E-state index in [9.17, 15) is 4.79 Å². The third-order valence-electron chi connectivity index (χ3n) is 3.61. The summed E-state index contributed by atoms with van der Waals surface area (Å²) in [5, 5.41) is 0.955. The van der Waals surface area contributed by atoms with Gasteiger partial charge in [0.1, 0.15) is 4.88 Å². The second kappa shape index (κ2) is 5.48. The van der Waals surface area contributed by atoms with E-state index < -0.39 is 0 Å². The van der Waals surface area contributed by atoms with Gasteiger partial charge in [0, 0.05) is 38.1 Å². The molecule has 3 rings (SSSR count). The van der Waals surface area contributed by atoms with Crippen molar-refractivity contribution < 1.29 is 4.79 Å². The van der Waals surface area contributed by atoms with Crippen LogP contribution in [0, 0.1) is 0 Å². The van der Waals surface area contributed by atoms with Crippen LogP contribution >= 0.6 is 39.0 Å². The average Bonchev–Trinajstić information content (AvgIpc) is 2.75. The van der Waals surface area contributed by atoms with Gasteiger partial charge in [-0.25, -0.2) is 0 Å². The fourth-order valence-corrected chi connectivity index (χ4v) is 5.56. The standard InChI is InChI=1S/C15H17BrN2OS2/c1-15(2)8-18(6-7-20-15)14(19)13-12(17)11-9(16)4-3-5-10(11)21-13/h3-5H,6-8,17H2,1-2H3. The number of amides is 1. The molecule has 0 unspecified atom stereocenters. The van der Waals surface area contributed by atoms with Crippen LogP contribution < -0.4 is 5.73 Å². The molecule has 1 aliphatic heterocycles.